The largest absolute Gasteiger partial charge is 0.490 e. The molecule has 0 bridgehead atoms. The van der Waals surface area contributed by atoms with E-state index >= 15 is 0 Å². The van der Waals surface area contributed by atoms with Crippen molar-refractivity contribution in [3.8, 4) is 5.75 Å². The van der Waals surface area contributed by atoms with E-state index in [0.717, 1.165) is 0 Å². The Labute approximate surface area is 109 Å². The lowest BCUT2D eigenvalue weighted by Crippen LogP contribution is -2.23. The molecule has 1 aromatic carbocycles. The maximum atomic E-state index is 11.8. The van der Waals surface area contributed by atoms with E-state index in [2.05, 4.69) is 32.5 Å². The Kier molecular flexibility index (Phi) is 4.22. The first-order valence-electron chi connectivity index (χ1n) is 5.64. The molecular formula is C12H13N5O2. The Hall–Kier alpha value is -2.70. The molecule has 0 radical (unpaired) electrons. The quantitative estimate of drug-likeness (QED) is 0.745. The van der Waals surface area contributed by atoms with E-state index < -0.39 is 0 Å². The summed E-state index contributed by atoms with van der Waals surface area (Å²) < 4.78 is 5.33. The van der Waals surface area contributed by atoms with Crippen LogP contribution in [-0.2, 0) is 6.54 Å². The van der Waals surface area contributed by atoms with Gasteiger partial charge in [-0.15, -0.1) is 10.2 Å². The van der Waals surface area contributed by atoms with Gasteiger partial charge in [0.2, 0.25) is 0 Å². The SMILES string of the molecule is C=CCOc1ccc(C(=O)NCc2nn[nH]n2)cc1. The van der Waals surface area contributed by atoms with E-state index in [4.69, 9.17) is 4.74 Å². The second-order valence-corrected chi connectivity index (χ2v) is 3.63. The van der Waals surface area contributed by atoms with Gasteiger partial charge < -0.3 is 10.1 Å². The van der Waals surface area contributed by atoms with Gasteiger partial charge in [-0.05, 0) is 24.3 Å². The summed E-state index contributed by atoms with van der Waals surface area (Å²) in [7, 11) is 0. The van der Waals surface area contributed by atoms with Crippen molar-refractivity contribution in [2.75, 3.05) is 6.61 Å². The normalized spacial score (nSPS) is 9.89. The Balaban J connectivity index is 1.90. The summed E-state index contributed by atoms with van der Waals surface area (Å²) in [6.07, 6.45) is 1.66. The van der Waals surface area contributed by atoms with Crippen LogP contribution in [-0.4, -0.2) is 33.1 Å². The molecular weight excluding hydrogens is 246 g/mol. The minimum atomic E-state index is -0.208. The van der Waals surface area contributed by atoms with Gasteiger partial charge in [-0.25, -0.2) is 0 Å². The Morgan fingerprint density at radius 2 is 2.21 bits per heavy atom. The third-order valence-corrected chi connectivity index (χ3v) is 2.28. The fourth-order valence-electron chi connectivity index (χ4n) is 1.38. The van der Waals surface area contributed by atoms with Crippen molar-refractivity contribution in [3.63, 3.8) is 0 Å². The average molecular weight is 259 g/mol. The molecule has 7 nitrogen and oxygen atoms in total. The minimum Gasteiger partial charge on any atom is -0.490 e. The van der Waals surface area contributed by atoms with Crippen LogP contribution in [0.5, 0.6) is 5.75 Å². The second kappa shape index (κ2) is 6.29. The van der Waals surface area contributed by atoms with Crippen LogP contribution < -0.4 is 10.1 Å². The monoisotopic (exact) mass is 259 g/mol. The Morgan fingerprint density at radius 1 is 1.42 bits per heavy atom. The van der Waals surface area contributed by atoms with Crippen LogP contribution in [0.2, 0.25) is 0 Å². The van der Waals surface area contributed by atoms with Gasteiger partial charge in [-0.1, -0.05) is 17.9 Å². The number of nitrogens with one attached hydrogen (secondary N) is 2. The molecule has 98 valence electrons. The van der Waals surface area contributed by atoms with Gasteiger partial charge in [0.15, 0.2) is 5.82 Å². The average Bonchev–Trinajstić information content (AvgIpc) is 2.96. The Morgan fingerprint density at radius 3 is 2.84 bits per heavy atom. The fourth-order valence-corrected chi connectivity index (χ4v) is 1.38. The van der Waals surface area contributed by atoms with Crippen molar-refractivity contribution < 1.29 is 9.53 Å². The zero-order valence-corrected chi connectivity index (χ0v) is 10.2. The topological polar surface area (TPSA) is 92.8 Å². The first kappa shape index (κ1) is 12.7. The number of tetrazole rings is 1. The van der Waals surface area contributed by atoms with Crippen molar-refractivity contribution >= 4 is 5.91 Å². The number of H-pyrrole nitrogens is 1. The van der Waals surface area contributed by atoms with Gasteiger partial charge in [-0.2, -0.15) is 5.21 Å². The summed E-state index contributed by atoms with van der Waals surface area (Å²) in [5, 5.41) is 15.9. The zero-order valence-electron chi connectivity index (χ0n) is 10.2. The van der Waals surface area contributed by atoms with Crippen LogP contribution >= 0.6 is 0 Å². The number of amides is 1. The van der Waals surface area contributed by atoms with E-state index in [1.165, 1.54) is 0 Å². The summed E-state index contributed by atoms with van der Waals surface area (Å²) >= 11 is 0. The summed E-state index contributed by atoms with van der Waals surface area (Å²) in [6.45, 7) is 4.22. The molecule has 0 aliphatic rings. The fraction of sp³-hybridized carbons (Fsp3) is 0.167. The molecule has 1 aromatic heterocycles. The lowest BCUT2D eigenvalue weighted by atomic mass is 10.2. The van der Waals surface area contributed by atoms with Crippen LogP contribution in [0.3, 0.4) is 0 Å². The van der Waals surface area contributed by atoms with Crippen molar-refractivity contribution in [2.45, 2.75) is 6.54 Å². The number of nitrogens with zero attached hydrogens (tertiary/aromatic N) is 3. The molecule has 2 rings (SSSR count). The number of hydrogen-bond acceptors (Lipinski definition) is 5. The lowest BCUT2D eigenvalue weighted by Gasteiger charge is -2.05. The number of carbonyl (C=O) groups is 1. The van der Waals surface area contributed by atoms with Crippen LogP contribution in [0.4, 0.5) is 0 Å². The minimum absolute atomic E-state index is 0.208. The summed E-state index contributed by atoms with van der Waals surface area (Å²) in [5.74, 6) is 0.911. The van der Waals surface area contributed by atoms with E-state index in [9.17, 15) is 4.79 Å². The van der Waals surface area contributed by atoms with Crippen LogP contribution in [0.1, 0.15) is 16.2 Å². The van der Waals surface area contributed by atoms with Crippen molar-refractivity contribution in [3.05, 3.63) is 48.3 Å². The molecule has 0 aliphatic carbocycles. The number of hydrogen-bond donors (Lipinski definition) is 2. The Bertz CT molecular complexity index is 536. The van der Waals surface area contributed by atoms with Crippen molar-refractivity contribution in [1.82, 2.24) is 25.9 Å². The van der Waals surface area contributed by atoms with E-state index in [0.29, 0.717) is 23.7 Å². The lowest BCUT2D eigenvalue weighted by molar-refractivity contribution is 0.0950. The molecule has 2 N–H and O–H groups in total. The smallest absolute Gasteiger partial charge is 0.251 e. The standard InChI is InChI=1S/C12H13N5O2/c1-2-7-19-10-5-3-9(4-6-10)12(18)13-8-11-14-16-17-15-11/h2-6H,1,7-8H2,(H,13,18)(H,14,15,16,17). The molecule has 7 heteroatoms. The number of aromatic nitrogens is 4. The highest BCUT2D eigenvalue weighted by Gasteiger charge is 2.06. The molecule has 0 unspecified atom stereocenters. The number of ether oxygens (including phenoxy) is 1. The maximum Gasteiger partial charge on any atom is 0.251 e. The number of benzene rings is 1. The van der Waals surface area contributed by atoms with Gasteiger partial charge in [-0.3, -0.25) is 4.79 Å². The van der Waals surface area contributed by atoms with Crippen LogP contribution in [0, 0.1) is 0 Å². The molecule has 0 fully saturated rings. The molecule has 0 saturated heterocycles. The van der Waals surface area contributed by atoms with Crippen molar-refractivity contribution in [1.29, 1.82) is 0 Å². The second-order valence-electron chi connectivity index (χ2n) is 3.63. The van der Waals surface area contributed by atoms with Crippen molar-refractivity contribution in [2.24, 2.45) is 0 Å². The number of rotatable bonds is 6. The number of aromatic amines is 1. The molecule has 1 heterocycles. The molecule has 0 atom stereocenters. The highest BCUT2D eigenvalue weighted by molar-refractivity contribution is 5.94. The molecule has 0 aliphatic heterocycles. The first-order valence-corrected chi connectivity index (χ1v) is 5.64. The summed E-state index contributed by atoms with van der Waals surface area (Å²) in [4.78, 5) is 11.8. The highest BCUT2D eigenvalue weighted by atomic mass is 16.5. The highest BCUT2D eigenvalue weighted by Crippen LogP contribution is 2.12. The van der Waals surface area contributed by atoms with E-state index in [1.54, 1.807) is 30.3 Å². The molecule has 2 aromatic rings. The zero-order chi connectivity index (χ0) is 13.5. The number of carbonyl (C=O) groups excluding carboxylic acids is 1. The van der Waals surface area contributed by atoms with Gasteiger partial charge in [0.1, 0.15) is 12.4 Å². The van der Waals surface area contributed by atoms with E-state index in [-0.39, 0.29) is 12.5 Å². The molecule has 0 spiro atoms. The third-order valence-electron chi connectivity index (χ3n) is 2.28. The van der Waals surface area contributed by atoms with E-state index in [1.807, 2.05) is 0 Å². The third kappa shape index (κ3) is 3.63. The van der Waals surface area contributed by atoms with Crippen LogP contribution in [0.25, 0.3) is 0 Å². The first-order chi connectivity index (χ1) is 9.29. The predicted octanol–water partition coefficient (Wildman–Crippen LogP) is 0.694. The molecule has 1 amide bonds. The van der Waals surface area contributed by atoms with Crippen LogP contribution in [0.15, 0.2) is 36.9 Å². The predicted molar refractivity (Wildman–Crippen MR) is 67.5 cm³/mol. The van der Waals surface area contributed by atoms with Gasteiger partial charge in [0, 0.05) is 5.56 Å². The maximum absolute atomic E-state index is 11.8. The molecule has 0 saturated carbocycles. The summed E-state index contributed by atoms with van der Waals surface area (Å²) in [5.41, 5.74) is 0.537. The summed E-state index contributed by atoms with van der Waals surface area (Å²) in [6, 6.07) is 6.83. The van der Waals surface area contributed by atoms with Gasteiger partial charge >= 0.3 is 0 Å². The van der Waals surface area contributed by atoms with Gasteiger partial charge in [0.25, 0.3) is 5.91 Å². The van der Waals surface area contributed by atoms with Gasteiger partial charge in [0.05, 0.1) is 6.54 Å². The molecule has 19 heavy (non-hydrogen) atoms.